The Kier molecular flexibility index (Phi) is 3.94. The van der Waals surface area contributed by atoms with Crippen LogP contribution in [0.4, 0.5) is 0 Å². The van der Waals surface area contributed by atoms with Gasteiger partial charge in [0.1, 0.15) is 0 Å². The summed E-state index contributed by atoms with van der Waals surface area (Å²) in [4.78, 5) is 12.0. The third kappa shape index (κ3) is 2.52. The molecule has 104 valence electrons. The Hall–Kier alpha value is -1.36. The van der Waals surface area contributed by atoms with E-state index in [0.717, 1.165) is 23.3 Å². The first-order valence-electron chi connectivity index (χ1n) is 6.09. The highest BCUT2D eigenvalue weighted by molar-refractivity contribution is 7.98. The van der Waals surface area contributed by atoms with Crippen LogP contribution < -0.4 is 9.47 Å². The predicted octanol–water partition coefficient (Wildman–Crippen LogP) is 2.93. The number of carboxylic acid groups (broad SMARTS) is 1. The number of carboxylic acids is 1. The minimum atomic E-state index is -0.771. The van der Waals surface area contributed by atoms with E-state index in [0.29, 0.717) is 11.5 Å². The van der Waals surface area contributed by atoms with Crippen LogP contribution in [0.1, 0.15) is 24.8 Å². The van der Waals surface area contributed by atoms with E-state index in [-0.39, 0.29) is 11.8 Å². The molecule has 1 aromatic rings. The summed E-state index contributed by atoms with van der Waals surface area (Å²) in [6, 6.07) is 3.95. The highest BCUT2D eigenvalue weighted by Gasteiger charge is 2.48. The smallest absolute Gasteiger partial charge is 0.304 e. The van der Waals surface area contributed by atoms with Crippen molar-refractivity contribution in [3.63, 3.8) is 0 Å². The molecule has 0 atom stereocenters. The summed E-state index contributed by atoms with van der Waals surface area (Å²) >= 11 is 1.58. The lowest BCUT2D eigenvalue weighted by Crippen LogP contribution is -2.14. The second kappa shape index (κ2) is 5.33. The molecule has 0 amide bonds. The SMILES string of the molecule is COc1c(SC)ccc(C2(CC(=O)O)CC2)c1OC. The summed E-state index contributed by atoms with van der Waals surface area (Å²) in [6.07, 6.45) is 3.89. The fraction of sp³-hybridized carbons (Fsp3) is 0.500. The molecule has 1 saturated carbocycles. The molecule has 19 heavy (non-hydrogen) atoms. The highest BCUT2D eigenvalue weighted by Crippen LogP contribution is 2.56. The molecule has 1 aliphatic carbocycles. The number of aliphatic carboxylic acids is 1. The lowest BCUT2D eigenvalue weighted by Gasteiger charge is -2.20. The van der Waals surface area contributed by atoms with Crippen LogP contribution in [0.5, 0.6) is 11.5 Å². The van der Waals surface area contributed by atoms with E-state index < -0.39 is 5.97 Å². The Morgan fingerprint density at radius 2 is 1.95 bits per heavy atom. The number of hydrogen-bond donors (Lipinski definition) is 1. The van der Waals surface area contributed by atoms with Gasteiger partial charge in [0.2, 0.25) is 0 Å². The van der Waals surface area contributed by atoms with E-state index in [1.54, 1.807) is 26.0 Å². The summed E-state index contributed by atoms with van der Waals surface area (Å²) in [7, 11) is 3.21. The Balaban J connectivity index is 2.49. The summed E-state index contributed by atoms with van der Waals surface area (Å²) in [5.41, 5.74) is 0.675. The molecule has 0 saturated heterocycles. The zero-order chi connectivity index (χ0) is 14.0. The monoisotopic (exact) mass is 282 g/mol. The normalized spacial score (nSPS) is 15.9. The van der Waals surface area contributed by atoms with Crippen LogP contribution in [0.3, 0.4) is 0 Å². The van der Waals surface area contributed by atoms with Crippen LogP contribution in [0.2, 0.25) is 0 Å². The Morgan fingerprint density at radius 1 is 1.32 bits per heavy atom. The Labute approximate surface area is 117 Å². The Morgan fingerprint density at radius 3 is 2.37 bits per heavy atom. The maximum Gasteiger partial charge on any atom is 0.304 e. The van der Waals surface area contributed by atoms with Crippen molar-refractivity contribution >= 4 is 17.7 Å². The number of methoxy groups -OCH3 is 2. The minimum absolute atomic E-state index is 0.144. The van der Waals surface area contributed by atoms with Gasteiger partial charge in [-0.15, -0.1) is 11.8 Å². The fourth-order valence-electron chi connectivity index (χ4n) is 2.50. The zero-order valence-electron chi connectivity index (χ0n) is 11.4. The lowest BCUT2D eigenvalue weighted by atomic mass is 9.91. The summed E-state index contributed by atoms with van der Waals surface area (Å²) < 4.78 is 10.9. The highest BCUT2D eigenvalue weighted by atomic mass is 32.2. The van der Waals surface area contributed by atoms with Gasteiger partial charge in [0.25, 0.3) is 0 Å². The van der Waals surface area contributed by atoms with Gasteiger partial charge in [-0.05, 0) is 25.2 Å². The predicted molar refractivity (Wildman–Crippen MR) is 74.5 cm³/mol. The maximum atomic E-state index is 11.0. The fourth-order valence-corrected chi connectivity index (χ4v) is 3.07. The molecule has 4 nitrogen and oxygen atoms in total. The molecule has 0 spiro atoms. The molecule has 0 unspecified atom stereocenters. The molecule has 0 bridgehead atoms. The molecule has 1 aliphatic rings. The molecule has 0 aliphatic heterocycles. The van der Waals surface area contributed by atoms with Crippen LogP contribution in [0.25, 0.3) is 0 Å². The summed E-state index contributed by atoms with van der Waals surface area (Å²) in [6.45, 7) is 0. The van der Waals surface area contributed by atoms with Gasteiger partial charge in [0, 0.05) is 11.0 Å². The standard InChI is InChI=1S/C14H18O4S/c1-17-12-9(14(6-7-14)8-11(15)16)4-5-10(19-3)13(12)18-2/h4-5H,6-8H2,1-3H3,(H,15,16). The van der Waals surface area contributed by atoms with Crippen LogP contribution in [-0.2, 0) is 10.2 Å². The van der Waals surface area contributed by atoms with Crippen molar-refractivity contribution in [3.05, 3.63) is 17.7 Å². The Bertz CT molecular complexity index is 494. The van der Waals surface area contributed by atoms with Gasteiger partial charge in [0.15, 0.2) is 11.5 Å². The minimum Gasteiger partial charge on any atom is -0.493 e. The van der Waals surface area contributed by atoms with Crippen molar-refractivity contribution in [1.29, 1.82) is 0 Å². The summed E-state index contributed by atoms with van der Waals surface area (Å²) in [5.74, 6) is 0.602. The molecule has 0 aromatic heterocycles. The van der Waals surface area contributed by atoms with Crippen LogP contribution in [0, 0.1) is 0 Å². The molecular weight excluding hydrogens is 264 g/mol. The average molecular weight is 282 g/mol. The number of benzene rings is 1. The second-order valence-corrected chi connectivity index (χ2v) is 5.58. The molecule has 2 rings (SSSR count). The topological polar surface area (TPSA) is 55.8 Å². The van der Waals surface area contributed by atoms with E-state index in [9.17, 15) is 4.79 Å². The quantitative estimate of drug-likeness (QED) is 0.813. The van der Waals surface area contributed by atoms with Gasteiger partial charge in [-0.25, -0.2) is 0 Å². The average Bonchev–Trinajstić information content (AvgIpc) is 3.16. The van der Waals surface area contributed by atoms with Gasteiger partial charge >= 0.3 is 5.97 Å². The van der Waals surface area contributed by atoms with E-state index in [4.69, 9.17) is 14.6 Å². The van der Waals surface area contributed by atoms with Crippen molar-refractivity contribution in [2.75, 3.05) is 20.5 Å². The third-order valence-electron chi connectivity index (χ3n) is 3.62. The number of thioether (sulfide) groups is 1. The van der Waals surface area contributed by atoms with Gasteiger partial charge in [0.05, 0.1) is 25.5 Å². The first-order valence-corrected chi connectivity index (χ1v) is 7.31. The van der Waals surface area contributed by atoms with Crippen molar-refractivity contribution < 1.29 is 19.4 Å². The molecule has 5 heteroatoms. The van der Waals surface area contributed by atoms with E-state index in [1.807, 2.05) is 18.4 Å². The molecule has 0 radical (unpaired) electrons. The molecule has 1 fully saturated rings. The number of hydrogen-bond acceptors (Lipinski definition) is 4. The van der Waals surface area contributed by atoms with Crippen LogP contribution in [0.15, 0.2) is 17.0 Å². The van der Waals surface area contributed by atoms with E-state index in [1.165, 1.54) is 0 Å². The maximum absolute atomic E-state index is 11.0. The van der Waals surface area contributed by atoms with Crippen molar-refractivity contribution in [2.24, 2.45) is 0 Å². The van der Waals surface area contributed by atoms with Gasteiger partial charge < -0.3 is 14.6 Å². The van der Waals surface area contributed by atoms with Crippen molar-refractivity contribution in [3.8, 4) is 11.5 Å². The van der Waals surface area contributed by atoms with Gasteiger partial charge in [-0.3, -0.25) is 4.79 Å². The number of ether oxygens (including phenoxy) is 2. The van der Waals surface area contributed by atoms with Gasteiger partial charge in [-0.1, -0.05) is 6.07 Å². The number of rotatable bonds is 6. The van der Waals surface area contributed by atoms with E-state index >= 15 is 0 Å². The first kappa shape index (κ1) is 14.1. The van der Waals surface area contributed by atoms with Crippen LogP contribution in [-0.4, -0.2) is 31.6 Å². The molecular formula is C14H18O4S. The molecule has 1 aromatic carbocycles. The molecule has 1 N–H and O–H groups in total. The lowest BCUT2D eigenvalue weighted by molar-refractivity contribution is -0.137. The number of carbonyl (C=O) groups is 1. The zero-order valence-corrected chi connectivity index (χ0v) is 12.2. The first-order chi connectivity index (χ1) is 9.07. The van der Waals surface area contributed by atoms with E-state index in [2.05, 4.69) is 0 Å². The summed E-state index contributed by atoms with van der Waals surface area (Å²) in [5, 5.41) is 9.07. The largest absolute Gasteiger partial charge is 0.493 e. The molecule has 0 heterocycles. The second-order valence-electron chi connectivity index (χ2n) is 4.73. The van der Waals surface area contributed by atoms with Gasteiger partial charge in [-0.2, -0.15) is 0 Å². The third-order valence-corrected chi connectivity index (χ3v) is 4.38. The van der Waals surface area contributed by atoms with Crippen LogP contribution >= 0.6 is 11.8 Å². The van der Waals surface area contributed by atoms with Crippen molar-refractivity contribution in [2.45, 2.75) is 29.6 Å². The van der Waals surface area contributed by atoms with Crippen molar-refractivity contribution in [1.82, 2.24) is 0 Å².